The quantitative estimate of drug-likeness (QED) is 0.319. The molecule has 0 amide bonds. The molecular formula is C6H12BNO3. The Kier molecular flexibility index (Phi) is 2.54. The van der Waals surface area contributed by atoms with Crippen LogP contribution in [-0.4, -0.2) is 53.5 Å². The van der Waals surface area contributed by atoms with Crippen LogP contribution in [0.2, 0.25) is 0 Å². The van der Waals surface area contributed by atoms with Gasteiger partial charge in [-0.05, 0) is 12.9 Å². The predicted molar refractivity (Wildman–Crippen MR) is 40.2 cm³/mol. The topological polar surface area (TPSA) is 72.7 Å². The molecule has 1 heterocycles. The number of rotatable bonds is 1. The molecule has 2 radical (unpaired) electrons. The van der Waals surface area contributed by atoms with Gasteiger partial charge in [0.1, 0.15) is 0 Å². The van der Waals surface area contributed by atoms with E-state index >= 15 is 0 Å². The summed E-state index contributed by atoms with van der Waals surface area (Å²) in [6.07, 6.45) is -2.69. The summed E-state index contributed by atoms with van der Waals surface area (Å²) in [6, 6.07) is -0.528. The van der Waals surface area contributed by atoms with E-state index in [0.717, 1.165) is 0 Å². The lowest BCUT2D eigenvalue weighted by Crippen LogP contribution is -2.42. The molecular weight excluding hydrogens is 145 g/mol. The summed E-state index contributed by atoms with van der Waals surface area (Å²) in [4.78, 5) is 0. The highest BCUT2D eigenvalue weighted by molar-refractivity contribution is 6.12. The van der Waals surface area contributed by atoms with Crippen molar-refractivity contribution in [3.63, 3.8) is 0 Å². The summed E-state index contributed by atoms with van der Waals surface area (Å²) in [7, 11) is 5.36. The van der Waals surface area contributed by atoms with Crippen LogP contribution in [0.3, 0.4) is 0 Å². The van der Waals surface area contributed by atoms with Gasteiger partial charge < -0.3 is 20.6 Å². The van der Waals surface area contributed by atoms with Crippen molar-refractivity contribution in [2.45, 2.75) is 37.2 Å². The third-order valence-corrected chi connectivity index (χ3v) is 1.99. The van der Waals surface area contributed by atoms with Crippen molar-refractivity contribution in [3.05, 3.63) is 0 Å². The maximum absolute atomic E-state index is 9.25. The minimum Gasteiger partial charge on any atom is -0.392 e. The lowest BCUT2D eigenvalue weighted by Gasteiger charge is -2.18. The van der Waals surface area contributed by atoms with Crippen LogP contribution in [0.25, 0.3) is 0 Å². The average Bonchev–Trinajstić information content (AvgIpc) is 2.17. The second kappa shape index (κ2) is 3.10. The van der Waals surface area contributed by atoms with Gasteiger partial charge >= 0.3 is 0 Å². The van der Waals surface area contributed by atoms with Crippen LogP contribution < -0.4 is 5.32 Å². The predicted octanol–water partition coefficient (Wildman–Crippen LogP) is -2.44. The van der Waals surface area contributed by atoms with Crippen LogP contribution in [0.1, 0.15) is 6.92 Å². The van der Waals surface area contributed by atoms with Gasteiger partial charge in [-0.2, -0.15) is 0 Å². The Morgan fingerprint density at radius 3 is 2.09 bits per heavy atom. The highest BCUT2D eigenvalue weighted by Gasteiger charge is 2.40. The van der Waals surface area contributed by atoms with Crippen molar-refractivity contribution < 1.29 is 15.3 Å². The summed E-state index contributed by atoms with van der Waals surface area (Å²) >= 11 is 0. The lowest BCUT2D eigenvalue weighted by molar-refractivity contribution is 0.00946. The highest BCUT2D eigenvalue weighted by atomic mass is 16.3. The minimum absolute atomic E-state index is 0.528. The first-order valence-corrected chi connectivity index (χ1v) is 3.60. The first-order valence-electron chi connectivity index (χ1n) is 3.60. The number of hydrogen-bond acceptors (Lipinski definition) is 4. The SMILES string of the molecule is [B][C@@H]1N[C@H](C(C)O)[C@@H](O)[C@H]1O. The first-order chi connectivity index (χ1) is 5.04. The van der Waals surface area contributed by atoms with Gasteiger partial charge in [-0.15, -0.1) is 0 Å². The molecule has 4 nitrogen and oxygen atoms in total. The number of aliphatic hydroxyl groups is 3. The summed E-state index contributed by atoms with van der Waals surface area (Å²) < 4.78 is 0. The molecule has 5 heteroatoms. The van der Waals surface area contributed by atoms with Crippen LogP contribution >= 0.6 is 0 Å². The maximum atomic E-state index is 9.25. The van der Waals surface area contributed by atoms with Crippen molar-refractivity contribution >= 4 is 7.85 Å². The van der Waals surface area contributed by atoms with E-state index in [-0.39, 0.29) is 0 Å². The largest absolute Gasteiger partial charge is 0.392 e. The zero-order chi connectivity index (χ0) is 8.59. The molecule has 0 aromatic heterocycles. The van der Waals surface area contributed by atoms with Gasteiger partial charge in [0.05, 0.1) is 32.2 Å². The van der Waals surface area contributed by atoms with Gasteiger partial charge in [-0.3, -0.25) is 0 Å². The van der Waals surface area contributed by atoms with Crippen molar-refractivity contribution in [2.24, 2.45) is 0 Å². The van der Waals surface area contributed by atoms with Gasteiger partial charge in [0, 0.05) is 0 Å². The Morgan fingerprint density at radius 1 is 1.36 bits per heavy atom. The fraction of sp³-hybridized carbons (Fsp3) is 1.00. The van der Waals surface area contributed by atoms with Gasteiger partial charge in [0.2, 0.25) is 0 Å². The summed E-state index contributed by atoms with van der Waals surface area (Å²) in [6.45, 7) is 1.53. The standard InChI is InChI=1S/C6H12BNO3/c1-2(9)3-4(10)5(11)6(7)8-3/h2-6,8-11H,1H3/t2?,3-,4-,5-,6-/m1/s1. The second-order valence-corrected chi connectivity index (χ2v) is 2.94. The Balaban J connectivity index is 2.59. The van der Waals surface area contributed by atoms with E-state index in [4.69, 9.17) is 18.1 Å². The Labute approximate surface area is 66.6 Å². The molecule has 0 saturated carbocycles. The third-order valence-electron chi connectivity index (χ3n) is 1.99. The van der Waals surface area contributed by atoms with Crippen LogP contribution in [0, 0.1) is 0 Å². The van der Waals surface area contributed by atoms with E-state index in [1.54, 1.807) is 0 Å². The van der Waals surface area contributed by atoms with E-state index < -0.39 is 30.3 Å². The van der Waals surface area contributed by atoms with E-state index in [1.807, 2.05) is 0 Å². The maximum Gasteiger partial charge on any atom is 0.0984 e. The molecule has 0 spiro atoms. The van der Waals surface area contributed by atoms with Crippen LogP contribution in [0.4, 0.5) is 0 Å². The van der Waals surface area contributed by atoms with Crippen LogP contribution in [0.5, 0.6) is 0 Å². The normalized spacial score (nSPS) is 47.6. The first kappa shape index (κ1) is 9.00. The van der Waals surface area contributed by atoms with Crippen LogP contribution in [0.15, 0.2) is 0 Å². The van der Waals surface area contributed by atoms with Gasteiger partial charge in [0.25, 0.3) is 0 Å². The number of aliphatic hydroxyl groups excluding tert-OH is 3. The molecule has 1 aliphatic rings. The molecule has 11 heavy (non-hydrogen) atoms. The van der Waals surface area contributed by atoms with E-state index in [9.17, 15) is 5.11 Å². The van der Waals surface area contributed by atoms with Gasteiger partial charge in [-0.25, -0.2) is 0 Å². The molecule has 1 aliphatic heterocycles. The summed E-state index contributed by atoms with van der Waals surface area (Å²) in [5, 5.41) is 30.1. The smallest absolute Gasteiger partial charge is 0.0984 e. The monoisotopic (exact) mass is 157 g/mol. The molecule has 62 valence electrons. The minimum atomic E-state index is -0.991. The lowest BCUT2D eigenvalue weighted by atomic mass is 9.91. The molecule has 5 atom stereocenters. The van der Waals surface area contributed by atoms with Crippen molar-refractivity contribution in [3.8, 4) is 0 Å². The summed E-state index contributed by atoms with van der Waals surface area (Å²) in [5.41, 5.74) is 0. The fourth-order valence-corrected chi connectivity index (χ4v) is 1.27. The Hall–Kier alpha value is -0.0951. The van der Waals surface area contributed by atoms with Gasteiger partial charge in [0.15, 0.2) is 0 Å². The number of nitrogens with one attached hydrogen (secondary N) is 1. The summed E-state index contributed by atoms with van der Waals surface area (Å²) in [5.74, 6) is -0.649. The molecule has 0 aromatic carbocycles. The highest BCUT2D eigenvalue weighted by Crippen LogP contribution is 2.14. The third kappa shape index (κ3) is 1.56. The average molecular weight is 157 g/mol. The van der Waals surface area contributed by atoms with E-state index in [0.29, 0.717) is 0 Å². The zero-order valence-corrected chi connectivity index (χ0v) is 6.31. The van der Waals surface area contributed by atoms with Gasteiger partial charge in [-0.1, -0.05) is 0 Å². The van der Waals surface area contributed by atoms with E-state index in [2.05, 4.69) is 5.32 Å². The molecule has 0 aromatic rings. The second-order valence-electron chi connectivity index (χ2n) is 2.94. The number of hydrogen-bond donors (Lipinski definition) is 4. The molecule has 1 fully saturated rings. The molecule has 1 unspecified atom stereocenters. The molecule has 1 saturated heterocycles. The van der Waals surface area contributed by atoms with Crippen molar-refractivity contribution in [1.82, 2.24) is 5.32 Å². The fourth-order valence-electron chi connectivity index (χ4n) is 1.27. The molecule has 0 bridgehead atoms. The molecule has 4 N–H and O–H groups in total. The Morgan fingerprint density at radius 2 is 1.91 bits per heavy atom. The zero-order valence-electron chi connectivity index (χ0n) is 6.31. The van der Waals surface area contributed by atoms with E-state index in [1.165, 1.54) is 6.92 Å². The van der Waals surface area contributed by atoms with Crippen LogP contribution in [-0.2, 0) is 0 Å². The van der Waals surface area contributed by atoms with Crippen molar-refractivity contribution in [2.75, 3.05) is 0 Å². The molecule has 0 aliphatic carbocycles. The molecule has 1 rings (SSSR count). The van der Waals surface area contributed by atoms with Crippen molar-refractivity contribution in [1.29, 1.82) is 0 Å². The Bertz CT molecular complexity index is 144.